The first kappa shape index (κ1) is 20.4. The van der Waals surface area contributed by atoms with Crippen molar-refractivity contribution in [2.24, 2.45) is 5.92 Å². The van der Waals surface area contributed by atoms with Gasteiger partial charge in [-0.25, -0.2) is 0 Å². The van der Waals surface area contributed by atoms with Crippen LogP contribution in [0.3, 0.4) is 0 Å². The molecule has 0 aliphatic carbocycles. The van der Waals surface area contributed by atoms with Gasteiger partial charge in [-0.1, -0.05) is 77.6 Å². The summed E-state index contributed by atoms with van der Waals surface area (Å²) in [7, 11) is 0. The lowest BCUT2D eigenvalue weighted by Crippen LogP contribution is -2.13. The second-order valence-corrected chi connectivity index (χ2v) is 6.19. The zero-order chi connectivity index (χ0) is 15.8. The lowest BCUT2D eigenvalue weighted by molar-refractivity contribution is -0.142. The number of carboxylic acid groups (broad SMARTS) is 1. The maximum atomic E-state index is 11.9. The van der Waals surface area contributed by atoms with E-state index in [2.05, 4.69) is 6.92 Å². The highest BCUT2D eigenvalue weighted by atomic mass is 19.1. The molecule has 3 heteroatoms. The predicted octanol–water partition coefficient (Wildman–Crippen LogP) is 6.14. The fourth-order valence-electron chi connectivity index (χ4n) is 2.75. The second kappa shape index (κ2) is 15.8. The van der Waals surface area contributed by atoms with E-state index < -0.39 is 5.97 Å². The van der Waals surface area contributed by atoms with E-state index in [1.54, 1.807) is 0 Å². The molecule has 2 nitrogen and oxygen atoms in total. The molecule has 0 spiro atoms. The standard InChI is InChI=1S/C18H35FO2/c1-2-3-4-5-8-11-14-17(18(20)21)15-12-9-6-7-10-13-16-19/h17H,2-16H2,1H3,(H,20,21). The number of unbranched alkanes of at least 4 members (excludes halogenated alkanes) is 10. The van der Waals surface area contributed by atoms with Crippen molar-refractivity contribution < 1.29 is 14.3 Å². The van der Waals surface area contributed by atoms with Gasteiger partial charge in [0.1, 0.15) is 0 Å². The minimum Gasteiger partial charge on any atom is -0.481 e. The molecule has 0 saturated heterocycles. The van der Waals surface area contributed by atoms with Crippen LogP contribution in [0.5, 0.6) is 0 Å². The van der Waals surface area contributed by atoms with E-state index in [4.69, 9.17) is 0 Å². The van der Waals surface area contributed by atoms with Crippen molar-refractivity contribution in [1.82, 2.24) is 0 Å². The Morgan fingerprint density at radius 1 is 0.810 bits per heavy atom. The van der Waals surface area contributed by atoms with Gasteiger partial charge in [-0.15, -0.1) is 0 Å². The van der Waals surface area contributed by atoms with Crippen molar-refractivity contribution in [3.8, 4) is 0 Å². The molecule has 0 saturated carbocycles. The number of halogens is 1. The monoisotopic (exact) mass is 302 g/mol. The van der Waals surface area contributed by atoms with Crippen LogP contribution in [0.15, 0.2) is 0 Å². The lowest BCUT2D eigenvalue weighted by Gasteiger charge is -2.12. The highest BCUT2D eigenvalue weighted by Crippen LogP contribution is 2.19. The molecule has 0 aliphatic rings. The van der Waals surface area contributed by atoms with Gasteiger partial charge in [-0.05, 0) is 19.3 Å². The fraction of sp³-hybridized carbons (Fsp3) is 0.944. The minimum absolute atomic E-state index is 0.151. The molecule has 0 fully saturated rings. The third kappa shape index (κ3) is 14.1. The fourth-order valence-corrected chi connectivity index (χ4v) is 2.75. The van der Waals surface area contributed by atoms with Crippen LogP contribution in [0.25, 0.3) is 0 Å². The maximum absolute atomic E-state index is 11.9. The van der Waals surface area contributed by atoms with E-state index in [1.807, 2.05) is 0 Å². The van der Waals surface area contributed by atoms with Crippen LogP contribution in [-0.2, 0) is 4.79 Å². The molecule has 126 valence electrons. The number of hydrogen-bond acceptors (Lipinski definition) is 1. The molecular weight excluding hydrogens is 267 g/mol. The summed E-state index contributed by atoms with van der Waals surface area (Å²) in [5, 5.41) is 9.25. The number of carbonyl (C=O) groups is 1. The van der Waals surface area contributed by atoms with Gasteiger partial charge in [0.05, 0.1) is 12.6 Å². The molecular formula is C18H35FO2. The predicted molar refractivity (Wildman–Crippen MR) is 87.4 cm³/mol. The van der Waals surface area contributed by atoms with Crippen LogP contribution < -0.4 is 0 Å². The summed E-state index contributed by atoms with van der Waals surface area (Å²) in [6, 6.07) is 0. The largest absolute Gasteiger partial charge is 0.481 e. The number of alkyl halides is 1. The van der Waals surface area contributed by atoms with Crippen molar-refractivity contribution in [1.29, 1.82) is 0 Å². The van der Waals surface area contributed by atoms with E-state index in [9.17, 15) is 14.3 Å². The van der Waals surface area contributed by atoms with E-state index in [0.29, 0.717) is 6.42 Å². The lowest BCUT2D eigenvalue weighted by atomic mass is 9.94. The molecule has 1 atom stereocenters. The van der Waals surface area contributed by atoms with Crippen LogP contribution in [-0.4, -0.2) is 17.8 Å². The Morgan fingerprint density at radius 2 is 1.24 bits per heavy atom. The molecule has 0 radical (unpaired) electrons. The molecule has 0 aromatic rings. The normalized spacial score (nSPS) is 12.5. The van der Waals surface area contributed by atoms with Crippen molar-refractivity contribution in [2.45, 2.75) is 96.8 Å². The summed E-state index contributed by atoms with van der Waals surface area (Å²) in [6.07, 6.45) is 14.9. The molecule has 0 aromatic carbocycles. The Hall–Kier alpha value is -0.600. The first-order valence-electron chi connectivity index (χ1n) is 9.01. The van der Waals surface area contributed by atoms with Gasteiger partial charge in [0.2, 0.25) is 0 Å². The summed E-state index contributed by atoms with van der Waals surface area (Å²) in [5.74, 6) is -0.775. The minimum atomic E-state index is -0.624. The summed E-state index contributed by atoms with van der Waals surface area (Å²) in [5.41, 5.74) is 0. The van der Waals surface area contributed by atoms with Gasteiger partial charge < -0.3 is 5.11 Å². The zero-order valence-electron chi connectivity index (χ0n) is 13.9. The average molecular weight is 302 g/mol. The van der Waals surface area contributed by atoms with Crippen molar-refractivity contribution in [2.75, 3.05) is 6.67 Å². The topological polar surface area (TPSA) is 37.3 Å². The van der Waals surface area contributed by atoms with E-state index in [-0.39, 0.29) is 12.6 Å². The molecule has 0 rings (SSSR count). The molecule has 0 bridgehead atoms. The zero-order valence-corrected chi connectivity index (χ0v) is 13.9. The molecule has 0 amide bonds. The van der Waals surface area contributed by atoms with Gasteiger partial charge in [0.25, 0.3) is 0 Å². The Balaban J connectivity index is 3.52. The molecule has 0 heterocycles. The van der Waals surface area contributed by atoms with Crippen LogP contribution in [0.4, 0.5) is 4.39 Å². The van der Waals surface area contributed by atoms with Crippen LogP contribution in [0.1, 0.15) is 96.8 Å². The van der Waals surface area contributed by atoms with Gasteiger partial charge in [0, 0.05) is 0 Å². The average Bonchev–Trinajstić information content (AvgIpc) is 2.47. The Kier molecular flexibility index (Phi) is 15.3. The quantitative estimate of drug-likeness (QED) is 0.348. The van der Waals surface area contributed by atoms with Gasteiger partial charge in [0.15, 0.2) is 0 Å². The van der Waals surface area contributed by atoms with Crippen molar-refractivity contribution in [3.05, 3.63) is 0 Å². The number of carboxylic acids is 1. The Bertz CT molecular complexity index is 231. The maximum Gasteiger partial charge on any atom is 0.306 e. The van der Waals surface area contributed by atoms with E-state index in [1.165, 1.54) is 32.1 Å². The third-order valence-corrected chi connectivity index (χ3v) is 4.19. The molecule has 0 aromatic heterocycles. The first-order chi connectivity index (χ1) is 10.2. The molecule has 21 heavy (non-hydrogen) atoms. The van der Waals surface area contributed by atoms with Gasteiger partial charge >= 0.3 is 5.97 Å². The summed E-state index contributed by atoms with van der Waals surface area (Å²) >= 11 is 0. The highest BCUT2D eigenvalue weighted by Gasteiger charge is 2.16. The van der Waals surface area contributed by atoms with Crippen molar-refractivity contribution >= 4 is 5.97 Å². The van der Waals surface area contributed by atoms with Gasteiger partial charge in [-0.2, -0.15) is 0 Å². The smallest absolute Gasteiger partial charge is 0.306 e. The van der Waals surface area contributed by atoms with E-state index in [0.717, 1.165) is 51.4 Å². The molecule has 1 N–H and O–H groups in total. The van der Waals surface area contributed by atoms with Crippen LogP contribution in [0.2, 0.25) is 0 Å². The third-order valence-electron chi connectivity index (χ3n) is 4.19. The summed E-state index contributed by atoms with van der Waals surface area (Å²) in [4.78, 5) is 11.2. The summed E-state index contributed by atoms with van der Waals surface area (Å²) in [6.45, 7) is 2.00. The van der Waals surface area contributed by atoms with Crippen LogP contribution >= 0.6 is 0 Å². The van der Waals surface area contributed by atoms with E-state index >= 15 is 0 Å². The number of aliphatic carboxylic acids is 1. The molecule has 1 unspecified atom stereocenters. The number of hydrogen-bond donors (Lipinski definition) is 1. The second-order valence-electron chi connectivity index (χ2n) is 6.19. The Labute approximate surface area is 130 Å². The van der Waals surface area contributed by atoms with Crippen LogP contribution in [0, 0.1) is 5.92 Å². The SMILES string of the molecule is CCCCCCCCC(CCCCCCCCF)C(=O)O. The molecule has 0 aliphatic heterocycles. The van der Waals surface area contributed by atoms with Gasteiger partial charge in [-0.3, -0.25) is 9.18 Å². The number of rotatable bonds is 16. The Morgan fingerprint density at radius 3 is 1.67 bits per heavy atom. The highest BCUT2D eigenvalue weighted by molar-refractivity contribution is 5.69. The summed E-state index contributed by atoms with van der Waals surface area (Å²) < 4.78 is 11.9. The first-order valence-corrected chi connectivity index (χ1v) is 9.01. The van der Waals surface area contributed by atoms with Crippen molar-refractivity contribution in [3.63, 3.8) is 0 Å².